The number of nitrogens with one attached hydrogen (secondary N) is 1. The molecule has 1 aliphatic carbocycles. The van der Waals surface area contributed by atoms with Gasteiger partial charge in [-0.3, -0.25) is 0 Å². The molecule has 1 aromatic rings. The van der Waals surface area contributed by atoms with Crippen molar-refractivity contribution >= 4 is 6.09 Å². The van der Waals surface area contributed by atoms with Crippen LogP contribution in [0.1, 0.15) is 64.6 Å². The van der Waals surface area contributed by atoms with E-state index in [-0.39, 0.29) is 17.7 Å². The number of ether oxygens (including phenoxy) is 1. The van der Waals surface area contributed by atoms with Gasteiger partial charge >= 0.3 is 6.09 Å². The maximum Gasteiger partial charge on any atom is 0.410 e. The summed E-state index contributed by atoms with van der Waals surface area (Å²) in [6.07, 6.45) is 4.95. The topological polar surface area (TPSA) is 80.5 Å². The van der Waals surface area contributed by atoms with Crippen LogP contribution in [0.4, 0.5) is 4.79 Å². The van der Waals surface area contributed by atoms with Gasteiger partial charge in [0, 0.05) is 26.1 Å². The van der Waals surface area contributed by atoms with Gasteiger partial charge < -0.3 is 19.5 Å². The Morgan fingerprint density at radius 2 is 2.12 bits per heavy atom. The molecular formula is C17H28N4O3. The number of rotatable bonds is 3. The Balaban J connectivity index is 1.63. The van der Waals surface area contributed by atoms with Gasteiger partial charge in [-0.1, -0.05) is 5.16 Å². The first-order valence-electron chi connectivity index (χ1n) is 8.84. The van der Waals surface area contributed by atoms with Gasteiger partial charge in [-0.2, -0.15) is 4.98 Å². The van der Waals surface area contributed by atoms with Crippen LogP contribution >= 0.6 is 0 Å². The predicted octanol–water partition coefficient (Wildman–Crippen LogP) is 2.75. The molecule has 3 rings (SSSR count). The maximum absolute atomic E-state index is 12.3. The number of hydrogen-bond donors (Lipinski definition) is 1. The summed E-state index contributed by atoms with van der Waals surface area (Å²) in [6, 6.07) is 0.227. The number of carbonyl (C=O) groups excluding carboxylic acids is 1. The highest BCUT2D eigenvalue weighted by Gasteiger charge is 2.44. The lowest BCUT2D eigenvalue weighted by Crippen LogP contribution is -2.58. The van der Waals surface area contributed by atoms with Crippen molar-refractivity contribution in [2.75, 3.05) is 13.1 Å². The first-order valence-corrected chi connectivity index (χ1v) is 8.84. The largest absolute Gasteiger partial charge is 0.444 e. The van der Waals surface area contributed by atoms with Crippen molar-refractivity contribution in [2.45, 2.75) is 77.0 Å². The third-order valence-corrected chi connectivity index (χ3v) is 4.72. The summed E-state index contributed by atoms with van der Waals surface area (Å²) < 4.78 is 10.7. The summed E-state index contributed by atoms with van der Waals surface area (Å²) in [5.41, 5.74) is -0.659. The second-order valence-electron chi connectivity index (χ2n) is 7.98. The van der Waals surface area contributed by atoms with Gasteiger partial charge in [0.15, 0.2) is 5.82 Å². The summed E-state index contributed by atoms with van der Waals surface area (Å²) in [7, 11) is 0. The lowest BCUT2D eigenvalue weighted by atomic mass is 9.75. The van der Waals surface area contributed by atoms with Crippen molar-refractivity contribution in [3.63, 3.8) is 0 Å². The van der Waals surface area contributed by atoms with Crippen molar-refractivity contribution in [1.29, 1.82) is 0 Å². The normalized spacial score (nSPS) is 23.7. The van der Waals surface area contributed by atoms with Crippen LogP contribution in [0, 0.1) is 6.92 Å². The zero-order valence-electron chi connectivity index (χ0n) is 15.1. The molecule has 134 valence electrons. The molecule has 2 fully saturated rings. The lowest BCUT2D eigenvalue weighted by molar-refractivity contribution is 0.0151. The van der Waals surface area contributed by atoms with E-state index in [0.717, 1.165) is 44.5 Å². The van der Waals surface area contributed by atoms with Crippen LogP contribution in [0.25, 0.3) is 0 Å². The van der Waals surface area contributed by atoms with Gasteiger partial charge in [0.2, 0.25) is 5.89 Å². The van der Waals surface area contributed by atoms with E-state index < -0.39 is 5.60 Å². The minimum Gasteiger partial charge on any atom is -0.444 e. The molecule has 1 amide bonds. The van der Waals surface area contributed by atoms with E-state index in [1.54, 1.807) is 4.90 Å². The van der Waals surface area contributed by atoms with Crippen molar-refractivity contribution in [2.24, 2.45) is 0 Å². The van der Waals surface area contributed by atoms with E-state index >= 15 is 0 Å². The molecule has 0 unspecified atom stereocenters. The second-order valence-corrected chi connectivity index (χ2v) is 7.98. The summed E-state index contributed by atoms with van der Waals surface area (Å²) in [6.45, 7) is 8.91. The molecule has 0 radical (unpaired) electrons. The molecular weight excluding hydrogens is 308 g/mol. The van der Waals surface area contributed by atoms with Gasteiger partial charge in [-0.25, -0.2) is 4.79 Å². The molecule has 1 aromatic heterocycles. The Bertz CT molecular complexity index is 589. The van der Waals surface area contributed by atoms with Crippen LogP contribution in [0.15, 0.2) is 4.52 Å². The van der Waals surface area contributed by atoms with Gasteiger partial charge in [-0.05, 0) is 52.9 Å². The molecule has 1 saturated heterocycles. The van der Waals surface area contributed by atoms with E-state index in [1.807, 2.05) is 27.7 Å². The number of nitrogens with zero attached hydrogens (tertiary/aromatic N) is 3. The van der Waals surface area contributed by atoms with Crippen LogP contribution in [0.3, 0.4) is 0 Å². The van der Waals surface area contributed by atoms with Crippen LogP contribution in [0.2, 0.25) is 0 Å². The van der Waals surface area contributed by atoms with E-state index in [4.69, 9.17) is 9.26 Å². The quantitative estimate of drug-likeness (QED) is 0.914. The fourth-order valence-electron chi connectivity index (χ4n) is 3.43. The third-order valence-electron chi connectivity index (χ3n) is 4.72. The Morgan fingerprint density at radius 1 is 1.38 bits per heavy atom. The van der Waals surface area contributed by atoms with Gasteiger partial charge in [0.05, 0.1) is 5.54 Å². The highest BCUT2D eigenvalue weighted by Crippen LogP contribution is 2.40. The number of amides is 1. The number of likely N-dealkylation sites (tertiary alicyclic amines) is 1. The fraction of sp³-hybridized carbons (Fsp3) is 0.824. The molecule has 7 heteroatoms. The predicted molar refractivity (Wildman–Crippen MR) is 88.5 cm³/mol. The van der Waals surface area contributed by atoms with Crippen molar-refractivity contribution < 1.29 is 14.1 Å². The number of aryl methyl sites for hydroxylation is 1. The van der Waals surface area contributed by atoms with Crippen molar-refractivity contribution in [3.05, 3.63) is 11.7 Å². The summed E-state index contributed by atoms with van der Waals surface area (Å²) in [5, 5.41) is 7.84. The highest BCUT2D eigenvalue weighted by atomic mass is 16.6. The average molecular weight is 336 g/mol. The maximum atomic E-state index is 12.3. The van der Waals surface area contributed by atoms with Crippen LogP contribution in [-0.2, 0) is 10.3 Å². The minimum absolute atomic E-state index is 0.195. The molecule has 0 bridgehead atoms. The smallest absolute Gasteiger partial charge is 0.410 e. The second kappa shape index (κ2) is 6.35. The monoisotopic (exact) mass is 336 g/mol. The van der Waals surface area contributed by atoms with E-state index in [9.17, 15) is 4.79 Å². The Morgan fingerprint density at radius 3 is 2.67 bits per heavy atom. The molecule has 7 nitrogen and oxygen atoms in total. The first-order chi connectivity index (χ1) is 11.3. The van der Waals surface area contributed by atoms with Gasteiger partial charge in [-0.15, -0.1) is 0 Å². The first kappa shape index (κ1) is 17.2. The fourth-order valence-corrected chi connectivity index (χ4v) is 3.43. The zero-order chi connectivity index (χ0) is 17.4. The summed E-state index contributed by atoms with van der Waals surface area (Å²) in [4.78, 5) is 18.6. The lowest BCUT2D eigenvalue weighted by Gasteiger charge is -2.45. The van der Waals surface area contributed by atoms with E-state index in [1.165, 1.54) is 0 Å². The van der Waals surface area contributed by atoms with E-state index in [0.29, 0.717) is 12.4 Å². The van der Waals surface area contributed by atoms with Crippen LogP contribution in [-0.4, -0.2) is 45.9 Å². The van der Waals surface area contributed by atoms with E-state index in [2.05, 4.69) is 15.5 Å². The molecule has 0 spiro atoms. The SMILES string of the molecule is Cc1nc(C2(N[C@@H]3CCCN(C(=O)OC(C)(C)C)C3)CCC2)no1. The zero-order valence-corrected chi connectivity index (χ0v) is 15.1. The molecule has 0 aromatic carbocycles. The third kappa shape index (κ3) is 3.71. The molecule has 24 heavy (non-hydrogen) atoms. The molecule has 2 aliphatic rings. The average Bonchev–Trinajstić information content (AvgIpc) is 2.88. The molecule has 2 heterocycles. The molecule has 1 atom stereocenters. The van der Waals surface area contributed by atoms with Crippen molar-refractivity contribution in [1.82, 2.24) is 20.4 Å². The number of aromatic nitrogens is 2. The minimum atomic E-state index is -0.463. The Kier molecular flexibility index (Phi) is 4.55. The summed E-state index contributed by atoms with van der Waals surface area (Å²) >= 11 is 0. The molecule has 1 saturated carbocycles. The Labute approximate surface area is 143 Å². The van der Waals surface area contributed by atoms with Crippen LogP contribution in [0.5, 0.6) is 0 Å². The molecule has 1 aliphatic heterocycles. The number of carbonyl (C=O) groups is 1. The summed E-state index contributed by atoms with van der Waals surface area (Å²) in [5.74, 6) is 1.35. The Hall–Kier alpha value is -1.63. The van der Waals surface area contributed by atoms with Gasteiger partial charge in [0.1, 0.15) is 5.60 Å². The standard InChI is InChI=1S/C17H28N4O3/c1-12-18-14(20-24-12)17(8-6-9-17)19-13-7-5-10-21(11-13)15(22)23-16(2,3)4/h13,19H,5-11H2,1-4H3/t13-/m1/s1. The van der Waals surface area contributed by atoms with Crippen LogP contribution < -0.4 is 5.32 Å². The number of hydrogen-bond acceptors (Lipinski definition) is 6. The van der Waals surface area contributed by atoms with Gasteiger partial charge in [0.25, 0.3) is 0 Å². The number of piperidine rings is 1. The van der Waals surface area contributed by atoms with Crippen molar-refractivity contribution in [3.8, 4) is 0 Å². The highest BCUT2D eigenvalue weighted by molar-refractivity contribution is 5.68. The molecule has 1 N–H and O–H groups in total.